The number of rotatable bonds is 4. The lowest BCUT2D eigenvalue weighted by atomic mass is 9.98. The number of ketones is 1. The van der Waals surface area contributed by atoms with Gasteiger partial charge in [-0.05, 0) is 18.6 Å². The highest BCUT2D eigenvalue weighted by Gasteiger charge is 2.21. The minimum absolute atomic E-state index is 0.0192. The Morgan fingerprint density at radius 3 is 2.50 bits per heavy atom. The van der Waals surface area contributed by atoms with Crippen molar-refractivity contribution in [2.24, 2.45) is 0 Å². The Balaban J connectivity index is 3.25. The van der Waals surface area contributed by atoms with Crippen LogP contribution in [-0.2, 0) is 9.59 Å². The van der Waals surface area contributed by atoms with Gasteiger partial charge in [0.1, 0.15) is 5.38 Å². The Hall–Kier alpha value is -1.90. The third-order valence-corrected chi connectivity index (χ3v) is 2.94. The molecule has 0 saturated heterocycles. The molecular formula is C12H10ClNO4. The number of Topliss-reactive ketones (excluding diaryl/α,β-unsaturated/α-hetero) is 1. The lowest BCUT2D eigenvalue weighted by Crippen LogP contribution is -2.12. The Bertz CT molecular complexity index is 535. The van der Waals surface area contributed by atoms with Gasteiger partial charge in [0.2, 0.25) is 0 Å². The average molecular weight is 268 g/mol. The molecule has 1 aromatic rings. The zero-order valence-corrected chi connectivity index (χ0v) is 10.2. The number of carboxylic acid groups (broad SMARTS) is 1. The first-order chi connectivity index (χ1) is 8.38. The van der Waals surface area contributed by atoms with E-state index in [0.717, 1.165) is 0 Å². The van der Waals surface area contributed by atoms with Crippen molar-refractivity contribution in [1.82, 2.24) is 0 Å². The Kier molecular flexibility index (Phi) is 4.43. The highest BCUT2D eigenvalue weighted by molar-refractivity contribution is 6.30. The van der Waals surface area contributed by atoms with Crippen LogP contribution in [0.2, 0.25) is 0 Å². The van der Waals surface area contributed by atoms with Crippen LogP contribution in [0.1, 0.15) is 35.1 Å². The number of alkyl halides is 1. The number of aliphatic hydroxyl groups excluding tert-OH is 1. The van der Waals surface area contributed by atoms with Gasteiger partial charge in [0.25, 0.3) is 0 Å². The Labute approximate surface area is 108 Å². The minimum atomic E-state index is -1.78. The van der Waals surface area contributed by atoms with E-state index in [1.54, 1.807) is 6.07 Å². The molecule has 0 aliphatic heterocycles. The maximum absolute atomic E-state index is 11.1. The van der Waals surface area contributed by atoms with Crippen LogP contribution in [0, 0.1) is 11.3 Å². The monoisotopic (exact) mass is 267 g/mol. The predicted octanol–water partition coefficient (Wildman–Crippen LogP) is 1.55. The van der Waals surface area contributed by atoms with Crippen LogP contribution in [0.4, 0.5) is 0 Å². The molecule has 0 aromatic heterocycles. The van der Waals surface area contributed by atoms with E-state index in [2.05, 4.69) is 0 Å². The van der Waals surface area contributed by atoms with Gasteiger partial charge in [-0.25, -0.2) is 4.79 Å². The predicted molar refractivity (Wildman–Crippen MR) is 63.0 cm³/mol. The number of halogens is 1. The van der Waals surface area contributed by atoms with Crippen molar-refractivity contribution in [3.05, 3.63) is 34.9 Å². The molecule has 0 bridgehead atoms. The summed E-state index contributed by atoms with van der Waals surface area (Å²) in [6, 6.07) is 5.78. The lowest BCUT2D eigenvalue weighted by molar-refractivity contribution is -0.147. The highest BCUT2D eigenvalue weighted by atomic mass is 35.5. The fourth-order valence-electron chi connectivity index (χ4n) is 1.43. The first-order valence-corrected chi connectivity index (χ1v) is 5.41. The normalized spacial score (nSPS) is 13.4. The van der Waals surface area contributed by atoms with Crippen LogP contribution in [0.5, 0.6) is 0 Å². The van der Waals surface area contributed by atoms with Crippen molar-refractivity contribution < 1.29 is 19.8 Å². The number of aliphatic hydroxyl groups is 1. The third kappa shape index (κ3) is 2.86. The number of benzene rings is 1. The summed E-state index contributed by atoms with van der Waals surface area (Å²) in [7, 11) is 0. The van der Waals surface area contributed by atoms with E-state index in [0.29, 0.717) is 5.56 Å². The number of nitriles is 1. The van der Waals surface area contributed by atoms with Crippen LogP contribution in [0.25, 0.3) is 0 Å². The van der Waals surface area contributed by atoms with E-state index in [1.165, 1.54) is 25.1 Å². The summed E-state index contributed by atoms with van der Waals surface area (Å²) < 4.78 is 0. The van der Waals surface area contributed by atoms with E-state index < -0.39 is 17.5 Å². The molecule has 6 heteroatoms. The van der Waals surface area contributed by atoms with Gasteiger partial charge in [0.05, 0.1) is 11.6 Å². The number of carbonyl (C=O) groups is 2. The molecule has 0 aliphatic rings. The van der Waals surface area contributed by atoms with Gasteiger partial charge in [-0.1, -0.05) is 12.1 Å². The highest BCUT2D eigenvalue weighted by Crippen LogP contribution is 2.26. The summed E-state index contributed by atoms with van der Waals surface area (Å²) in [6.45, 7) is 1.31. The van der Waals surface area contributed by atoms with Crippen LogP contribution in [-0.4, -0.2) is 22.0 Å². The third-order valence-electron chi connectivity index (χ3n) is 2.38. The van der Waals surface area contributed by atoms with Gasteiger partial charge in [-0.2, -0.15) is 5.26 Å². The van der Waals surface area contributed by atoms with E-state index in [1.807, 2.05) is 0 Å². The molecular weight excluding hydrogens is 258 g/mol. The molecule has 0 fully saturated rings. The molecule has 2 N–H and O–H groups in total. The van der Waals surface area contributed by atoms with E-state index in [9.17, 15) is 14.7 Å². The molecule has 1 aromatic carbocycles. The zero-order valence-electron chi connectivity index (χ0n) is 9.42. The van der Waals surface area contributed by atoms with Gasteiger partial charge < -0.3 is 10.2 Å². The molecule has 5 nitrogen and oxygen atoms in total. The second-order valence-electron chi connectivity index (χ2n) is 3.67. The summed E-state index contributed by atoms with van der Waals surface area (Å²) in [4.78, 5) is 21.8. The molecule has 0 saturated carbocycles. The maximum Gasteiger partial charge on any atom is 0.337 e. The largest absolute Gasteiger partial charge is 0.479 e. The topological polar surface area (TPSA) is 98.4 Å². The second kappa shape index (κ2) is 5.63. The van der Waals surface area contributed by atoms with Gasteiger partial charge in [0.15, 0.2) is 11.9 Å². The minimum Gasteiger partial charge on any atom is -0.479 e. The van der Waals surface area contributed by atoms with E-state index >= 15 is 0 Å². The van der Waals surface area contributed by atoms with E-state index in [-0.39, 0.29) is 16.9 Å². The van der Waals surface area contributed by atoms with Crippen molar-refractivity contribution in [1.29, 1.82) is 5.26 Å². The molecule has 1 rings (SSSR count). The number of carboxylic acids is 1. The molecule has 0 aliphatic carbocycles. The zero-order chi connectivity index (χ0) is 13.9. The Morgan fingerprint density at radius 2 is 2.06 bits per heavy atom. The fourth-order valence-corrected chi connectivity index (χ4v) is 1.57. The Morgan fingerprint density at radius 1 is 1.44 bits per heavy atom. The van der Waals surface area contributed by atoms with Crippen molar-refractivity contribution in [2.45, 2.75) is 18.4 Å². The number of hydrogen-bond acceptors (Lipinski definition) is 4. The van der Waals surface area contributed by atoms with Crippen LogP contribution >= 0.6 is 11.6 Å². The van der Waals surface area contributed by atoms with Crippen molar-refractivity contribution in [2.75, 3.05) is 0 Å². The average Bonchev–Trinajstić information content (AvgIpc) is 2.35. The number of aliphatic carboxylic acids is 1. The molecule has 18 heavy (non-hydrogen) atoms. The number of hydrogen-bond donors (Lipinski definition) is 2. The molecule has 2 unspecified atom stereocenters. The molecule has 2 atom stereocenters. The van der Waals surface area contributed by atoms with Gasteiger partial charge in [-0.3, -0.25) is 4.79 Å². The molecule has 94 valence electrons. The van der Waals surface area contributed by atoms with Gasteiger partial charge >= 0.3 is 5.97 Å². The quantitative estimate of drug-likeness (QED) is 0.807. The summed E-state index contributed by atoms with van der Waals surface area (Å²) >= 11 is 5.83. The van der Waals surface area contributed by atoms with Crippen molar-refractivity contribution >= 4 is 23.4 Å². The van der Waals surface area contributed by atoms with Crippen LogP contribution < -0.4 is 0 Å². The van der Waals surface area contributed by atoms with Gasteiger partial charge in [0, 0.05) is 5.56 Å². The summed E-state index contributed by atoms with van der Waals surface area (Å²) in [6.07, 6.45) is -1.78. The van der Waals surface area contributed by atoms with Crippen molar-refractivity contribution in [3.8, 4) is 6.07 Å². The van der Waals surface area contributed by atoms with E-state index in [4.69, 9.17) is 22.0 Å². The van der Waals surface area contributed by atoms with Crippen LogP contribution in [0.15, 0.2) is 18.2 Å². The molecule has 0 radical (unpaired) electrons. The summed E-state index contributed by atoms with van der Waals surface area (Å²) in [5, 5.41) is 26.1. The standard InChI is InChI=1S/C12H10ClNO4/c1-6(15)10(13)7-2-3-9(8(4-7)5-14)11(16)12(17)18/h2-4,10-11,16H,1H3,(H,17,18). The smallest absolute Gasteiger partial charge is 0.337 e. The number of carbonyl (C=O) groups excluding carboxylic acids is 1. The lowest BCUT2D eigenvalue weighted by Gasteiger charge is -2.11. The van der Waals surface area contributed by atoms with Crippen molar-refractivity contribution in [3.63, 3.8) is 0 Å². The maximum atomic E-state index is 11.1. The number of nitrogens with zero attached hydrogens (tertiary/aromatic N) is 1. The molecule has 0 amide bonds. The molecule has 0 heterocycles. The first kappa shape index (κ1) is 14.2. The first-order valence-electron chi connectivity index (χ1n) is 4.97. The summed E-state index contributed by atoms with van der Waals surface area (Å²) in [5.41, 5.74) is 0.345. The second-order valence-corrected chi connectivity index (χ2v) is 4.11. The SMILES string of the molecule is CC(=O)C(Cl)c1ccc(C(O)C(=O)O)c(C#N)c1. The molecule has 0 spiro atoms. The summed E-state index contributed by atoms with van der Waals surface area (Å²) in [5.74, 6) is -1.74. The fraction of sp³-hybridized carbons (Fsp3) is 0.250. The van der Waals surface area contributed by atoms with Crippen LogP contribution in [0.3, 0.4) is 0 Å². The van der Waals surface area contributed by atoms with Gasteiger partial charge in [-0.15, -0.1) is 11.6 Å².